The largest absolute Gasteiger partial charge is 0.378 e. The Hall–Kier alpha value is -0.0800. The van der Waals surface area contributed by atoms with Crippen LogP contribution in [0.4, 0.5) is 0 Å². The highest BCUT2D eigenvalue weighted by Gasteiger charge is 2.41. The van der Waals surface area contributed by atoms with Gasteiger partial charge in [0.25, 0.3) is 0 Å². The summed E-state index contributed by atoms with van der Waals surface area (Å²) in [5, 5.41) is 3.59. The smallest absolute Gasteiger partial charge is 0.0693 e. The minimum absolute atomic E-state index is 0.215. The topological polar surface area (TPSA) is 21.3 Å². The number of rotatable bonds is 6. The third kappa shape index (κ3) is 3.08. The Morgan fingerprint density at radius 1 is 1.28 bits per heavy atom. The van der Waals surface area contributed by atoms with E-state index in [1.165, 1.54) is 57.8 Å². The molecule has 18 heavy (non-hydrogen) atoms. The zero-order valence-corrected chi connectivity index (χ0v) is 12.5. The van der Waals surface area contributed by atoms with Gasteiger partial charge in [-0.25, -0.2) is 0 Å². The molecule has 2 nitrogen and oxygen atoms in total. The number of methoxy groups -OCH3 is 1. The normalized spacial score (nSPS) is 32.8. The van der Waals surface area contributed by atoms with Gasteiger partial charge in [-0.3, -0.25) is 0 Å². The lowest BCUT2D eigenvalue weighted by Crippen LogP contribution is -2.48. The first kappa shape index (κ1) is 14.3. The summed E-state index contributed by atoms with van der Waals surface area (Å²) in [6.07, 6.45) is 12.2. The highest BCUT2D eigenvalue weighted by Crippen LogP contribution is 2.42. The summed E-state index contributed by atoms with van der Waals surface area (Å²) in [4.78, 5) is 0. The van der Waals surface area contributed by atoms with Crippen LogP contribution in [-0.2, 0) is 4.74 Å². The maximum atomic E-state index is 5.81. The molecule has 0 aromatic carbocycles. The van der Waals surface area contributed by atoms with Gasteiger partial charge in [0.15, 0.2) is 0 Å². The molecule has 2 aliphatic rings. The third-order valence-corrected chi connectivity index (χ3v) is 5.63. The van der Waals surface area contributed by atoms with Crippen molar-refractivity contribution >= 4 is 0 Å². The molecular formula is C16H31NO. The van der Waals surface area contributed by atoms with Crippen LogP contribution >= 0.6 is 0 Å². The first-order valence-corrected chi connectivity index (χ1v) is 7.95. The lowest BCUT2D eigenvalue weighted by molar-refractivity contribution is -0.0879. The minimum atomic E-state index is 0.215. The fraction of sp³-hybridized carbons (Fsp3) is 1.00. The molecule has 0 radical (unpaired) electrons. The van der Waals surface area contributed by atoms with Crippen molar-refractivity contribution in [2.75, 3.05) is 14.2 Å². The van der Waals surface area contributed by atoms with Crippen LogP contribution in [0.2, 0.25) is 0 Å². The monoisotopic (exact) mass is 253 g/mol. The first-order chi connectivity index (χ1) is 8.73. The molecule has 2 aliphatic carbocycles. The summed E-state index contributed by atoms with van der Waals surface area (Å²) >= 11 is 0. The van der Waals surface area contributed by atoms with Gasteiger partial charge in [0, 0.05) is 13.2 Å². The molecule has 106 valence electrons. The first-order valence-electron chi connectivity index (χ1n) is 7.95. The molecule has 3 unspecified atom stereocenters. The van der Waals surface area contributed by atoms with E-state index in [1.54, 1.807) is 0 Å². The van der Waals surface area contributed by atoms with Crippen molar-refractivity contribution in [2.45, 2.75) is 76.4 Å². The average molecular weight is 253 g/mol. The molecule has 0 aromatic rings. The molecule has 0 spiro atoms. The SMILES string of the molecule is CCC1CCCC(C(CC2(OC)CCC2)NC)C1. The van der Waals surface area contributed by atoms with Crippen LogP contribution in [0.5, 0.6) is 0 Å². The lowest BCUT2D eigenvalue weighted by atomic mass is 9.70. The van der Waals surface area contributed by atoms with Gasteiger partial charge in [-0.05, 0) is 57.4 Å². The van der Waals surface area contributed by atoms with Crippen LogP contribution in [0.15, 0.2) is 0 Å². The number of nitrogens with one attached hydrogen (secondary N) is 1. The summed E-state index contributed by atoms with van der Waals surface area (Å²) in [5.41, 5.74) is 0.215. The van der Waals surface area contributed by atoms with Crippen molar-refractivity contribution in [3.8, 4) is 0 Å². The van der Waals surface area contributed by atoms with Gasteiger partial charge in [-0.15, -0.1) is 0 Å². The van der Waals surface area contributed by atoms with Crippen LogP contribution in [0.25, 0.3) is 0 Å². The Bertz CT molecular complexity index is 244. The summed E-state index contributed by atoms with van der Waals surface area (Å²) in [6.45, 7) is 2.35. The highest BCUT2D eigenvalue weighted by atomic mass is 16.5. The molecule has 0 aromatic heterocycles. The predicted octanol–water partition coefficient (Wildman–Crippen LogP) is 3.75. The van der Waals surface area contributed by atoms with Gasteiger partial charge in [-0.2, -0.15) is 0 Å². The second-order valence-electron chi connectivity index (χ2n) is 6.54. The third-order valence-electron chi connectivity index (χ3n) is 5.63. The van der Waals surface area contributed by atoms with E-state index in [9.17, 15) is 0 Å². The van der Waals surface area contributed by atoms with Crippen LogP contribution in [0.1, 0.15) is 64.7 Å². The molecule has 2 fully saturated rings. The molecule has 1 N–H and O–H groups in total. The molecule has 0 heterocycles. The van der Waals surface area contributed by atoms with Gasteiger partial charge in [0.1, 0.15) is 0 Å². The van der Waals surface area contributed by atoms with Crippen LogP contribution in [-0.4, -0.2) is 25.8 Å². The van der Waals surface area contributed by atoms with Gasteiger partial charge >= 0.3 is 0 Å². The molecular weight excluding hydrogens is 222 g/mol. The molecule has 3 atom stereocenters. The van der Waals surface area contributed by atoms with E-state index in [0.717, 1.165) is 11.8 Å². The fourth-order valence-electron chi connectivity index (χ4n) is 4.04. The molecule has 0 amide bonds. The molecule has 2 rings (SSSR count). The predicted molar refractivity (Wildman–Crippen MR) is 76.8 cm³/mol. The Morgan fingerprint density at radius 2 is 2.06 bits per heavy atom. The number of ether oxygens (including phenoxy) is 1. The van der Waals surface area contributed by atoms with E-state index >= 15 is 0 Å². The Kier molecular flexibility index (Phi) is 5.08. The van der Waals surface area contributed by atoms with E-state index in [1.807, 2.05) is 7.11 Å². The Balaban J connectivity index is 1.91. The lowest BCUT2D eigenvalue weighted by Gasteiger charge is -2.45. The van der Waals surface area contributed by atoms with Gasteiger partial charge in [0.2, 0.25) is 0 Å². The van der Waals surface area contributed by atoms with Gasteiger partial charge in [0.05, 0.1) is 5.60 Å². The summed E-state index contributed by atoms with van der Waals surface area (Å²) < 4.78 is 5.81. The van der Waals surface area contributed by atoms with E-state index in [0.29, 0.717) is 6.04 Å². The zero-order valence-electron chi connectivity index (χ0n) is 12.5. The van der Waals surface area contributed by atoms with Crippen molar-refractivity contribution in [3.63, 3.8) is 0 Å². The Morgan fingerprint density at radius 3 is 2.56 bits per heavy atom. The molecule has 0 saturated heterocycles. The fourth-order valence-corrected chi connectivity index (χ4v) is 4.04. The summed E-state index contributed by atoms with van der Waals surface area (Å²) in [6, 6.07) is 0.666. The van der Waals surface area contributed by atoms with Crippen LogP contribution < -0.4 is 5.32 Å². The number of hydrogen-bond donors (Lipinski definition) is 1. The Labute approximate surface area is 113 Å². The van der Waals surface area contributed by atoms with E-state index in [4.69, 9.17) is 4.74 Å². The van der Waals surface area contributed by atoms with Crippen LogP contribution in [0.3, 0.4) is 0 Å². The van der Waals surface area contributed by atoms with Crippen molar-refractivity contribution < 1.29 is 4.74 Å². The summed E-state index contributed by atoms with van der Waals surface area (Å²) in [7, 11) is 4.05. The second kappa shape index (κ2) is 6.38. The van der Waals surface area contributed by atoms with E-state index < -0.39 is 0 Å². The molecule has 2 saturated carbocycles. The maximum Gasteiger partial charge on any atom is 0.0693 e. The van der Waals surface area contributed by atoms with Gasteiger partial charge in [-0.1, -0.05) is 26.2 Å². The standard InChI is InChI=1S/C16H31NO/c1-4-13-7-5-8-14(11-13)15(17-2)12-16(18-3)9-6-10-16/h13-15,17H,4-12H2,1-3H3. The summed E-state index contributed by atoms with van der Waals surface area (Å²) in [5.74, 6) is 1.85. The van der Waals surface area contributed by atoms with Crippen LogP contribution in [0, 0.1) is 11.8 Å². The van der Waals surface area contributed by atoms with Crippen molar-refractivity contribution in [2.24, 2.45) is 11.8 Å². The van der Waals surface area contributed by atoms with Gasteiger partial charge < -0.3 is 10.1 Å². The second-order valence-corrected chi connectivity index (χ2v) is 6.54. The maximum absolute atomic E-state index is 5.81. The average Bonchev–Trinajstić information content (AvgIpc) is 2.38. The van der Waals surface area contributed by atoms with E-state index in [2.05, 4.69) is 19.3 Å². The highest BCUT2D eigenvalue weighted by molar-refractivity contribution is 4.95. The van der Waals surface area contributed by atoms with Crippen molar-refractivity contribution in [3.05, 3.63) is 0 Å². The quantitative estimate of drug-likeness (QED) is 0.778. The number of hydrogen-bond acceptors (Lipinski definition) is 2. The van der Waals surface area contributed by atoms with Crippen molar-refractivity contribution in [1.82, 2.24) is 5.32 Å². The zero-order chi connectivity index (χ0) is 13.0. The van der Waals surface area contributed by atoms with Crippen molar-refractivity contribution in [1.29, 1.82) is 0 Å². The minimum Gasteiger partial charge on any atom is -0.378 e. The molecule has 0 bridgehead atoms. The molecule has 2 heteroatoms. The van der Waals surface area contributed by atoms with E-state index in [-0.39, 0.29) is 5.60 Å². The molecule has 0 aliphatic heterocycles.